The number of para-hydroxylation sites is 1. The second-order valence-electron chi connectivity index (χ2n) is 5.77. The van der Waals surface area contributed by atoms with Gasteiger partial charge in [0.05, 0.1) is 11.3 Å². The Morgan fingerprint density at radius 1 is 1.09 bits per heavy atom. The van der Waals surface area contributed by atoms with Crippen LogP contribution in [0.2, 0.25) is 0 Å². The fourth-order valence-electron chi connectivity index (χ4n) is 3.05. The maximum Gasteiger partial charge on any atom is 0.340 e. The van der Waals surface area contributed by atoms with Crippen molar-refractivity contribution >= 4 is 23.3 Å². The molecule has 0 bridgehead atoms. The SMILES string of the molecule is O=C(O[C@H]1CCCCC1=O)c1ccccc1N1CCCC1=O. The quantitative estimate of drug-likeness (QED) is 0.805. The molecule has 0 unspecified atom stereocenters. The Morgan fingerprint density at radius 2 is 1.91 bits per heavy atom. The molecule has 5 nitrogen and oxygen atoms in total. The molecule has 1 aliphatic heterocycles. The van der Waals surface area contributed by atoms with E-state index in [0.29, 0.717) is 37.1 Å². The third kappa shape index (κ3) is 2.89. The first-order chi connectivity index (χ1) is 10.7. The summed E-state index contributed by atoms with van der Waals surface area (Å²) in [4.78, 5) is 37.8. The standard InChI is InChI=1S/C17H19NO4/c19-14-8-3-4-9-15(14)22-17(21)12-6-1-2-7-13(12)18-11-5-10-16(18)20/h1-2,6-7,15H,3-5,8-11H2/t15-/m0/s1. The van der Waals surface area contributed by atoms with Crippen molar-refractivity contribution < 1.29 is 19.1 Å². The summed E-state index contributed by atoms with van der Waals surface area (Å²) >= 11 is 0. The van der Waals surface area contributed by atoms with Crippen LogP contribution in [-0.2, 0) is 14.3 Å². The first-order valence-corrected chi connectivity index (χ1v) is 7.80. The molecular weight excluding hydrogens is 282 g/mol. The predicted octanol–water partition coefficient (Wildman–Crippen LogP) is 2.48. The highest BCUT2D eigenvalue weighted by molar-refractivity contribution is 6.04. The molecule has 0 N–H and O–H groups in total. The van der Waals surface area contributed by atoms with Gasteiger partial charge in [0.15, 0.2) is 11.9 Å². The second-order valence-corrected chi connectivity index (χ2v) is 5.77. The molecule has 116 valence electrons. The van der Waals surface area contributed by atoms with Crippen molar-refractivity contribution in [2.75, 3.05) is 11.4 Å². The molecule has 0 aromatic heterocycles. The Morgan fingerprint density at radius 3 is 2.64 bits per heavy atom. The Kier molecular flexibility index (Phi) is 4.22. The zero-order valence-electron chi connectivity index (χ0n) is 12.4. The molecule has 2 fully saturated rings. The van der Waals surface area contributed by atoms with Crippen LogP contribution in [0.1, 0.15) is 48.9 Å². The first-order valence-electron chi connectivity index (χ1n) is 7.80. The van der Waals surface area contributed by atoms with E-state index in [1.54, 1.807) is 29.2 Å². The molecule has 22 heavy (non-hydrogen) atoms. The van der Waals surface area contributed by atoms with Gasteiger partial charge in [0.1, 0.15) is 0 Å². The molecule has 5 heteroatoms. The van der Waals surface area contributed by atoms with Crippen molar-refractivity contribution in [2.45, 2.75) is 44.6 Å². The summed E-state index contributed by atoms with van der Waals surface area (Å²) in [5.41, 5.74) is 0.939. The summed E-state index contributed by atoms with van der Waals surface area (Å²) < 4.78 is 5.40. The Hall–Kier alpha value is -2.17. The maximum absolute atomic E-state index is 12.4. The summed E-state index contributed by atoms with van der Waals surface area (Å²) in [5, 5.41) is 0. The van der Waals surface area contributed by atoms with Crippen molar-refractivity contribution in [3.05, 3.63) is 29.8 Å². The van der Waals surface area contributed by atoms with Crippen molar-refractivity contribution in [3.8, 4) is 0 Å². The van der Waals surface area contributed by atoms with E-state index in [4.69, 9.17) is 4.74 Å². The van der Waals surface area contributed by atoms with Gasteiger partial charge in [0.25, 0.3) is 0 Å². The van der Waals surface area contributed by atoms with Gasteiger partial charge >= 0.3 is 5.97 Å². The number of esters is 1. The highest BCUT2D eigenvalue weighted by Crippen LogP contribution is 2.27. The van der Waals surface area contributed by atoms with Gasteiger partial charge in [0.2, 0.25) is 5.91 Å². The smallest absolute Gasteiger partial charge is 0.340 e. The minimum atomic E-state index is -0.636. The predicted molar refractivity (Wildman–Crippen MR) is 80.7 cm³/mol. The van der Waals surface area contributed by atoms with Crippen LogP contribution in [0, 0.1) is 0 Å². The molecule has 1 aliphatic carbocycles. The average molecular weight is 301 g/mol. The Labute approximate surface area is 129 Å². The number of carbonyl (C=O) groups is 3. The van der Waals surface area contributed by atoms with E-state index in [1.807, 2.05) is 0 Å². The van der Waals surface area contributed by atoms with Gasteiger partial charge < -0.3 is 9.64 Å². The number of ether oxygens (including phenoxy) is 1. The van der Waals surface area contributed by atoms with Crippen molar-refractivity contribution in [1.29, 1.82) is 0 Å². The van der Waals surface area contributed by atoms with Gasteiger partial charge in [-0.1, -0.05) is 12.1 Å². The number of nitrogens with zero attached hydrogens (tertiary/aromatic N) is 1. The van der Waals surface area contributed by atoms with E-state index in [9.17, 15) is 14.4 Å². The van der Waals surface area contributed by atoms with Crippen LogP contribution in [0.3, 0.4) is 0 Å². The molecule has 1 aromatic carbocycles. The number of anilines is 1. The fourth-order valence-corrected chi connectivity index (χ4v) is 3.05. The summed E-state index contributed by atoms with van der Waals surface area (Å²) in [6, 6.07) is 6.94. The van der Waals surface area contributed by atoms with Crippen LogP contribution >= 0.6 is 0 Å². The lowest BCUT2D eigenvalue weighted by molar-refractivity contribution is -0.130. The topological polar surface area (TPSA) is 63.7 Å². The first kappa shape index (κ1) is 14.8. The number of hydrogen-bond acceptors (Lipinski definition) is 4. The van der Waals surface area contributed by atoms with E-state index >= 15 is 0 Å². The van der Waals surface area contributed by atoms with E-state index in [0.717, 1.165) is 19.3 Å². The lowest BCUT2D eigenvalue weighted by atomic mass is 9.96. The zero-order chi connectivity index (χ0) is 15.5. The van der Waals surface area contributed by atoms with Crippen LogP contribution in [0.4, 0.5) is 5.69 Å². The fraction of sp³-hybridized carbons (Fsp3) is 0.471. The lowest BCUT2D eigenvalue weighted by Gasteiger charge is -2.23. The van der Waals surface area contributed by atoms with Gasteiger partial charge in [-0.05, 0) is 37.8 Å². The number of amides is 1. The highest BCUT2D eigenvalue weighted by atomic mass is 16.5. The molecule has 1 amide bonds. The van der Waals surface area contributed by atoms with Crippen LogP contribution in [0.5, 0.6) is 0 Å². The van der Waals surface area contributed by atoms with Crippen LogP contribution in [-0.4, -0.2) is 30.3 Å². The van der Waals surface area contributed by atoms with E-state index in [-0.39, 0.29) is 11.7 Å². The monoisotopic (exact) mass is 301 g/mol. The number of hydrogen-bond donors (Lipinski definition) is 0. The molecule has 2 aliphatic rings. The Balaban J connectivity index is 1.80. The summed E-state index contributed by atoms with van der Waals surface area (Å²) in [5.74, 6) is -0.501. The van der Waals surface area contributed by atoms with Gasteiger partial charge in [-0.3, -0.25) is 9.59 Å². The van der Waals surface area contributed by atoms with E-state index < -0.39 is 12.1 Å². The minimum Gasteiger partial charge on any atom is -0.451 e. The second kappa shape index (κ2) is 6.30. The molecule has 1 aromatic rings. The maximum atomic E-state index is 12.4. The number of benzene rings is 1. The summed E-state index contributed by atoms with van der Waals surface area (Å²) in [6.45, 7) is 0.617. The summed E-state index contributed by atoms with van der Waals surface area (Å²) in [7, 11) is 0. The van der Waals surface area contributed by atoms with E-state index in [1.165, 1.54) is 0 Å². The molecular formula is C17H19NO4. The van der Waals surface area contributed by atoms with E-state index in [2.05, 4.69) is 0 Å². The number of rotatable bonds is 3. The van der Waals surface area contributed by atoms with Crippen molar-refractivity contribution in [3.63, 3.8) is 0 Å². The molecule has 0 spiro atoms. The van der Waals surface area contributed by atoms with Crippen molar-refractivity contribution in [2.24, 2.45) is 0 Å². The minimum absolute atomic E-state index is 0.00525. The lowest BCUT2D eigenvalue weighted by Crippen LogP contribution is -2.31. The molecule has 1 saturated carbocycles. The van der Waals surface area contributed by atoms with Gasteiger partial charge in [-0.2, -0.15) is 0 Å². The molecule has 1 saturated heterocycles. The molecule has 0 radical (unpaired) electrons. The third-order valence-corrected chi connectivity index (χ3v) is 4.24. The highest BCUT2D eigenvalue weighted by Gasteiger charge is 2.29. The van der Waals surface area contributed by atoms with Crippen LogP contribution < -0.4 is 4.90 Å². The molecule has 1 heterocycles. The molecule has 3 rings (SSSR count). The number of Topliss-reactive ketones (excluding diaryl/α,β-unsaturated/α-hetero) is 1. The molecule has 1 atom stereocenters. The van der Waals surface area contributed by atoms with Gasteiger partial charge in [-0.25, -0.2) is 4.79 Å². The third-order valence-electron chi connectivity index (χ3n) is 4.24. The average Bonchev–Trinajstić information content (AvgIpc) is 2.95. The number of carbonyl (C=O) groups excluding carboxylic acids is 3. The largest absolute Gasteiger partial charge is 0.451 e. The Bertz CT molecular complexity index is 610. The van der Waals surface area contributed by atoms with Crippen molar-refractivity contribution in [1.82, 2.24) is 0 Å². The van der Waals surface area contributed by atoms with Gasteiger partial charge in [0, 0.05) is 19.4 Å². The van der Waals surface area contributed by atoms with Crippen LogP contribution in [0.15, 0.2) is 24.3 Å². The van der Waals surface area contributed by atoms with Gasteiger partial charge in [-0.15, -0.1) is 0 Å². The number of ketones is 1. The zero-order valence-corrected chi connectivity index (χ0v) is 12.4. The normalized spacial score (nSPS) is 22.0. The van der Waals surface area contributed by atoms with Crippen LogP contribution in [0.25, 0.3) is 0 Å². The summed E-state index contributed by atoms with van der Waals surface area (Å²) in [6.07, 6.45) is 3.50.